The average Bonchev–Trinajstić information content (AvgIpc) is 2.90. The molecule has 2 atom stereocenters. The molecule has 0 radical (unpaired) electrons. The summed E-state index contributed by atoms with van der Waals surface area (Å²) in [7, 11) is 0. The van der Waals surface area contributed by atoms with Crippen LogP contribution in [0.4, 0.5) is 0 Å². The summed E-state index contributed by atoms with van der Waals surface area (Å²) in [5.74, 6) is 0. The average molecular weight is 218 g/mol. The SMILES string of the molecule is C1=CN2C(=CC1)CN1CCOC13CCCC23. The Morgan fingerprint density at radius 1 is 1.44 bits per heavy atom. The molecule has 86 valence electrons. The van der Waals surface area contributed by atoms with E-state index in [0.29, 0.717) is 6.04 Å². The minimum Gasteiger partial charge on any atom is -0.357 e. The highest BCUT2D eigenvalue weighted by Gasteiger charge is 2.56. The van der Waals surface area contributed by atoms with Crippen LogP contribution in [0, 0.1) is 0 Å². The Labute approximate surface area is 96.3 Å². The highest BCUT2D eigenvalue weighted by molar-refractivity contribution is 5.24. The van der Waals surface area contributed by atoms with E-state index >= 15 is 0 Å². The van der Waals surface area contributed by atoms with Gasteiger partial charge in [0.1, 0.15) is 5.72 Å². The fourth-order valence-corrected chi connectivity index (χ4v) is 3.89. The van der Waals surface area contributed by atoms with Crippen LogP contribution in [-0.4, -0.2) is 41.3 Å². The van der Waals surface area contributed by atoms with E-state index in [9.17, 15) is 0 Å². The lowest BCUT2D eigenvalue weighted by molar-refractivity contribution is -0.127. The predicted octanol–water partition coefficient (Wildman–Crippen LogP) is 1.68. The van der Waals surface area contributed by atoms with Gasteiger partial charge in [-0.2, -0.15) is 0 Å². The predicted molar refractivity (Wildman–Crippen MR) is 61.6 cm³/mol. The fourth-order valence-electron chi connectivity index (χ4n) is 3.89. The van der Waals surface area contributed by atoms with Gasteiger partial charge in [0, 0.05) is 25.0 Å². The molecular weight excluding hydrogens is 200 g/mol. The van der Waals surface area contributed by atoms with E-state index in [1.165, 1.54) is 25.0 Å². The van der Waals surface area contributed by atoms with Gasteiger partial charge in [0.2, 0.25) is 0 Å². The molecule has 3 nitrogen and oxygen atoms in total. The van der Waals surface area contributed by atoms with Gasteiger partial charge >= 0.3 is 0 Å². The molecular formula is C13H18N2O. The molecule has 2 saturated heterocycles. The summed E-state index contributed by atoms with van der Waals surface area (Å²) in [4.78, 5) is 5.06. The number of piperazine rings is 1. The van der Waals surface area contributed by atoms with Gasteiger partial charge in [-0.15, -0.1) is 0 Å². The maximum atomic E-state index is 6.14. The van der Waals surface area contributed by atoms with E-state index in [-0.39, 0.29) is 5.72 Å². The highest BCUT2D eigenvalue weighted by atomic mass is 16.5. The monoisotopic (exact) mass is 218 g/mol. The summed E-state index contributed by atoms with van der Waals surface area (Å²) < 4.78 is 6.14. The van der Waals surface area contributed by atoms with Crippen molar-refractivity contribution in [3.8, 4) is 0 Å². The smallest absolute Gasteiger partial charge is 0.143 e. The molecule has 0 aromatic carbocycles. The molecule has 16 heavy (non-hydrogen) atoms. The summed E-state index contributed by atoms with van der Waals surface area (Å²) >= 11 is 0. The summed E-state index contributed by atoms with van der Waals surface area (Å²) in [6.45, 7) is 3.12. The first-order chi connectivity index (χ1) is 7.90. The zero-order valence-corrected chi connectivity index (χ0v) is 9.56. The third-order valence-corrected chi connectivity index (χ3v) is 4.56. The molecule has 4 aliphatic rings. The van der Waals surface area contributed by atoms with Crippen molar-refractivity contribution in [1.82, 2.24) is 9.80 Å². The van der Waals surface area contributed by atoms with Gasteiger partial charge in [0.25, 0.3) is 0 Å². The van der Waals surface area contributed by atoms with Gasteiger partial charge in [0.15, 0.2) is 0 Å². The van der Waals surface area contributed by atoms with E-state index in [0.717, 1.165) is 26.1 Å². The topological polar surface area (TPSA) is 15.7 Å². The number of hydrogen-bond donors (Lipinski definition) is 0. The van der Waals surface area contributed by atoms with E-state index in [1.54, 1.807) is 0 Å². The maximum Gasteiger partial charge on any atom is 0.143 e. The van der Waals surface area contributed by atoms with Crippen LogP contribution in [0.1, 0.15) is 25.7 Å². The van der Waals surface area contributed by atoms with Crippen LogP contribution >= 0.6 is 0 Å². The second kappa shape index (κ2) is 3.11. The van der Waals surface area contributed by atoms with Crippen molar-refractivity contribution in [2.24, 2.45) is 0 Å². The minimum absolute atomic E-state index is 0.0546. The molecule has 3 aliphatic heterocycles. The summed E-state index contributed by atoms with van der Waals surface area (Å²) in [5.41, 5.74) is 1.55. The van der Waals surface area contributed by atoms with Crippen molar-refractivity contribution in [2.45, 2.75) is 37.5 Å². The Bertz CT molecular complexity index is 372. The van der Waals surface area contributed by atoms with Gasteiger partial charge in [0.05, 0.1) is 12.6 Å². The van der Waals surface area contributed by atoms with Gasteiger partial charge in [-0.05, 0) is 25.7 Å². The van der Waals surface area contributed by atoms with Gasteiger partial charge in [-0.3, -0.25) is 4.90 Å². The molecule has 0 amide bonds. The van der Waals surface area contributed by atoms with E-state index in [2.05, 4.69) is 28.2 Å². The van der Waals surface area contributed by atoms with Crippen molar-refractivity contribution >= 4 is 0 Å². The first-order valence-corrected chi connectivity index (χ1v) is 6.43. The zero-order chi connectivity index (χ0) is 10.6. The Kier molecular flexibility index (Phi) is 1.80. The third kappa shape index (κ3) is 1.01. The first-order valence-electron chi connectivity index (χ1n) is 6.43. The van der Waals surface area contributed by atoms with E-state index < -0.39 is 0 Å². The van der Waals surface area contributed by atoms with Crippen LogP contribution in [0.3, 0.4) is 0 Å². The van der Waals surface area contributed by atoms with Crippen LogP contribution in [-0.2, 0) is 4.74 Å². The second-order valence-electron chi connectivity index (χ2n) is 5.25. The van der Waals surface area contributed by atoms with Gasteiger partial charge < -0.3 is 9.64 Å². The van der Waals surface area contributed by atoms with Crippen LogP contribution in [0.2, 0.25) is 0 Å². The molecule has 2 unspecified atom stereocenters. The minimum atomic E-state index is 0.0546. The number of allylic oxidation sites excluding steroid dienone is 2. The number of nitrogens with zero attached hydrogens (tertiary/aromatic N) is 2. The molecule has 3 heterocycles. The standard InChI is InChI=1S/C13H18N2O/c1-2-7-15-11(4-1)10-14-8-9-16-13(14)6-3-5-12(13)15/h2,4,7,12H,1,3,5-6,8-10H2. The molecule has 4 rings (SSSR count). The van der Waals surface area contributed by atoms with E-state index in [4.69, 9.17) is 4.74 Å². The molecule has 0 N–H and O–H groups in total. The van der Waals surface area contributed by atoms with Crippen LogP contribution in [0.15, 0.2) is 24.0 Å². The summed E-state index contributed by atoms with van der Waals surface area (Å²) in [6, 6.07) is 0.562. The van der Waals surface area contributed by atoms with Crippen molar-refractivity contribution < 1.29 is 4.74 Å². The van der Waals surface area contributed by atoms with Crippen molar-refractivity contribution in [3.63, 3.8) is 0 Å². The van der Waals surface area contributed by atoms with Crippen LogP contribution in [0.25, 0.3) is 0 Å². The number of fused-ring (bicyclic) bond motifs is 2. The quantitative estimate of drug-likeness (QED) is 0.615. The van der Waals surface area contributed by atoms with Crippen molar-refractivity contribution in [2.75, 3.05) is 19.7 Å². The molecule has 0 aromatic heterocycles. The van der Waals surface area contributed by atoms with Crippen LogP contribution in [0.5, 0.6) is 0 Å². The Morgan fingerprint density at radius 2 is 2.44 bits per heavy atom. The molecule has 1 saturated carbocycles. The molecule has 1 aliphatic carbocycles. The lowest BCUT2D eigenvalue weighted by atomic mass is 9.98. The third-order valence-electron chi connectivity index (χ3n) is 4.56. The van der Waals surface area contributed by atoms with Crippen LogP contribution < -0.4 is 0 Å². The van der Waals surface area contributed by atoms with Crippen molar-refractivity contribution in [1.29, 1.82) is 0 Å². The van der Waals surface area contributed by atoms with Gasteiger partial charge in [-0.1, -0.05) is 12.2 Å². The zero-order valence-electron chi connectivity index (χ0n) is 9.56. The molecule has 0 aromatic rings. The Balaban J connectivity index is 1.78. The van der Waals surface area contributed by atoms with Gasteiger partial charge in [-0.25, -0.2) is 0 Å². The normalized spacial score (nSPS) is 41.6. The number of ether oxygens (including phenoxy) is 1. The number of rotatable bonds is 0. The molecule has 0 bridgehead atoms. The largest absolute Gasteiger partial charge is 0.357 e. The Morgan fingerprint density at radius 3 is 3.44 bits per heavy atom. The fraction of sp³-hybridized carbons (Fsp3) is 0.692. The summed E-state index contributed by atoms with van der Waals surface area (Å²) in [5, 5.41) is 0. The Hall–Kier alpha value is -0.800. The molecule has 3 fully saturated rings. The highest BCUT2D eigenvalue weighted by Crippen LogP contribution is 2.47. The molecule has 3 heteroatoms. The van der Waals surface area contributed by atoms with Crippen molar-refractivity contribution in [3.05, 3.63) is 24.0 Å². The molecule has 1 spiro atoms. The summed E-state index contributed by atoms with van der Waals surface area (Å²) in [6.07, 6.45) is 11.8. The lowest BCUT2D eigenvalue weighted by Gasteiger charge is -2.50. The number of hydrogen-bond acceptors (Lipinski definition) is 3. The van der Waals surface area contributed by atoms with E-state index in [1.807, 2.05) is 0 Å². The second-order valence-corrected chi connectivity index (χ2v) is 5.25. The maximum absolute atomic E-state index is 6.14. The first kappa shape index (κ1) is 9.25. The lowest BCUT2D eigenvalue weighted by Crippen LogP contribution is -2.61.